The first kappa shape index (κ1) is 24.5. The smallest absolute Gasteiger partial charge is 0.344 e. The fraction of sp³-hybridized carbons (Fsp3) is 0.393. The molecule has 0 amide bonds. The quantitative estimate of drug-likeness (QED) is 0.196. The summed E-state index contributed by atoms with van der Waals surface area (Å²) in [5.41, 5.74) is 10.2. The van der Waals surface area contributed by atoms with Gasteiger partial charge in [0.2, 0.25) is 0 Å². The summed E-state index contributed by atoms with van der Waals surface area (Å²) in [6, 6.07) is 15.3. The Kier molecular flexibility index (Phi) is 8.19. The van der Waals surface area contributed by atoms with Crippen LogP contribution in [-0.4, -0.2) is 34.2 Å². The summed E-state index contributed by atoms with van der Waals surface area (Å²) in [5, 5.41) is 0. The van der Waals surface area contributed by atoms with Gasteiger partial charge in [-0.3, -0.25) is 0 Å². The molecule has 0 spiro atoms. The molecule has 0 radical (unpaired) electrons. The van der Waals surface area contributed by atoms with Crippen LogP contribution in [0, 0.1) is 0 Å². The van der Waals surface area contributed by atoms with Gasteiger partial charge in [0.15, 0.2) is 5.65 Å². The fourth-order valence-electron chi connectivity index (χ4n) is 4.38. The molecule has 184 valence electrons. The zero-order chi connectivity index (χ0) is 24.6. The van der Waals surface area contributed by atoms with Gasteiger partial charge in [-0.2, -0.15) is 0 Å². The number of anilines is 1. The van der Waals surface area contributed by atoms with Crippen LogP contribution in [0.25, 0.3) is 22.2 Å². The van der Waals surface area contributed by atoms with Crippen molar-refractivity contribution in [2.75, 3.05) is 19.5 Å². The second-order valence-electron chi connectivity index (χ2n) is 8.80. The maximum Gasteiger partial charge on any atom is 0.344 e. The van der Waals surface area contributed by atoms with E-state index in [2.05, 4.69) is 6.92 Å². The molecule has 0 unspecified atom stereocenters. The van der Waals surface area contributed by atoms with Crippen molar-refractivity contribution in [2.24, 2.45) is 0 Å². The number of fused-ring (bicyclic) bond motifs is 2. The Morgan fingerprint density at radius 2 is 1.57 bits per heavy atom. The van der Waals surface area contributed by atoms with Crippen molar-refractivity contribution in [2.45, 2.75) is 58.4 Å². The highest BCUT2D eigenvalue weighted by Crippen LogP contribution is 2.31. The molecule has 0 aliphatic heterocycles. The van der Waals surface area contributed by atoms with Crippen molar-refractivity contribution in [1.82, 2.24) is 14.5 Å². The third-order valence-electron chi connectivity index (χ3n) is 6.30. The number of ether oxygens (including phenoxy) is 2. The van der Waals surface area contributed by atoms with Crippen LogP contribution in [0.2, 0.25) is 0 Å². The van der Waals surface area contributed by atoms with Crippen LogP contribution >= 0.6 is 0 Å². The minimum Gasteiger partial charge on any atom is -0.496 e. The molecular formula is C28H34N4O3. The first-order valence-electron chi connectivity index (χ1n) is 12.5. The van der Waals surface area contributed by atoms with Gasteiger partial charge in [-0.1, -0.05) is 75.8 Å². The number of nitrogens with zero attached hydrogens (tertiary/aromatic N) is 3. The Bertz CT molecular complexity index is 1300. The molecule has 2 aromatic heterocycles. The van der Waals surface area contributed by atoms with E-state index < -0.39 is 5.97 Å². The first-order valence-corrected chi connectivity index (χ1v) is 12.5. The molecule has 2 heterocycles. The van der Waals surface area contributed by atoms with Crippen molar-refractivity contribution in [3.63, 3.8) is 0 Å². The van der Waals surface area contributed by atoms with E-state index in [1.165, 1.54) is 25.7 Å². The summed E-state index contributed by atoms with van der Waals surface area (Å²) in [5.74, 6) is 0.582. The van der Waals surface area contributed by atoms with E-state index >= 15 is 0 Å². The molecule has 0 saturated carbocycles. The zero-order valence-corrected chi connectivity index (χ0v) is 20.6. The van der Waals surface area contributed by atoms with Gasteiger partial charge in [0.05, 0.1) is 31.3 Å². The molecule has 0 bridgehead atoms. The number of aromatic nitrogens is 3. The second-order valence-corrected chi connectivity index (χ2v) is 8.80. The number of para-hydroxylation sites is 3. The Hall–Kier alpha value is -3.61. The lowest BCUT2D eigenvalue weighted by Crippen LogP contribution is -2.11. The number of nitrogens with two attached hydrogens (primary N) is 1. The van der Waals surface area contributed by atoms with Crippen LogP contribution in [0.5, 0.6) is 5.75 Å². The predicted molar refractivity (Wildman–Crippen MR) is 140 cm³/mol. The van der Waals surface area contributed by atoms with Gasteiger partial charge in [-0.05, 0) is 24.6 Å². The molecule has 0 fully saturated rings. The maximum absolute atomic E-state index is 13.2. The first-order chi connectivity index (χ1) is 17.1. The largest absolute Gasteiger partial charge is 0.496 e. The number of rotatable bonds is 12. The number of methoxy groups -OCH3 is 1. The summed E-state index contributed by atoms with van der Waals surface area (Å²) in [6.45, 7) is 2.97. The van der Waals surface area contributed by atoms with Gasteiger partial charge in [0.1, 0.15) is 22.6 Å². The van der Waals surface area contributed by atoms with E-state index in [1.54, 1.807) is 7.11 Å². The Balaban J connectivity index is 1.61. The molecule has 7 heteroatoms. The Morgan fingerprint density at radius 3 is 2.31 bits per heavy atom. The molecule has 35 heavy (non-hydrogen) atoms. The lowest BCUT2D eigenvalue weighted by atomic mass is 10.1. The normalized spacial score (nSPS) is 11.3. The molecular weight excluding hydrogens is 440 g/mol. The van der Waals surface area contributed by atoms with Gasteiger partial charge in [0.25, 0.3) is 0 Å². The van der Waals surface area contributed by atoms with Crippen molar-refractivity contribution in [3.05, 3.63) is 59.7 Å². The number of unbranched alkanes of at least 4 members (excludes halogenated alkanes) is 6. The summed E-state index contributed by atoms with van der Waals surface area (Å²) < 4.78 is 13.0. The summed E-state index contributed by atoms with van der Waals surface area (Å²) >= 11 is 0. The monoisotopic (exact) mass is 474 g/mol. The average molecular weight is 475 g/mol. The number of hydrogen-bond donors (Lipinski definition) is 1. The number of hydrogen-bond acceptors (Lipinski definition) is 6. The van der Waals surface area contributed by atoms with Crippen LogP contribution in [0.1, 0.15) is 67.8 Å². The SMILES string of the molecule is CCCCCCCCCOC(=O)c1c(N)n(Cc2ccccc2OC)c2nc3ccccc3nc12. The van der Waals surface area contributed by atoms with Gasteiger partial charge in [-0.25, -0.2) is 14.8 Å². The highest BCUT2D eigenvalue weighted by Gasteiger charge is 2.25. The molecule has 7 nitrogen and oxygen atoms in total. The lowest BCUT2D eigenvalue weighted by Gasteiger charge is -2.11. The molecule has 0 atom stereocenters. The third kappa shape index (κ3) is 5.56. The van der Waals surface area contributed by atoms with E-state index in [9.17, 15) is 4.79 Å². The molecule has 4 aromatic rings. The van der Waals surface area contributed by atoms with Crippen LogP contribution in [0.4, 0.5) is 5.82 Å². The molecule has 0 aliphatic carbocycles. The summed E-state index contributed by atoms with van der Waals surface area (Å²) in [7, 11) is 1.63. The number of benzene rings is 2. The van der Waals surface area contributed by atoms with Crippen molar-refractivity contribution in [3.8, 4) is 5.75 Å². The minimum absolute atomic E-state index is 0.274. The second kappa shape index (κ2) is 11.7. The molecule has 4 rings (SSSR count). The molecule has 0 aliphatic rings. The number of esters is 1. The van der Waals surface area contributed by atoms with Crippen molar-refractivity contribution >= 4 is 34.0 Å². The highest BCUT2D eigenvalue weighted by atomic mass is 16.5. The van der Waals surface area contributed by atoms with Crippen LogP contribution in [-0.2, 0) is 11.3 Å². The van der Waals surface area contributed by atoms with E-state index in [4.69, 9.17) is 25.2 Å². The van der Waals surface area contributed by atoms with Crippen molar-refractivity contribution < 1.29 is 14.3 Å². The van der Waals surface area contributed by atoms with Crippen LogP contribution < -0.4 is 10.5 Å². The topological polar surface area (TPSA) is 92.3 Å². The average Bonchev–Trinajstić information content (AvgIpc) is 3.14. The predicted octanol–water partition coefficient (Wildman–Crippen LogP) is 6.13. The van der Waals surface area contributed by atoms with Gasteiger partial charge < -0.3 is 19.8 Å². The van der Waals surface area contributed by atoms with Crippen LogP contribution in [0.15, 0.2) is 48.5 Å². The Labute approximate surface area is 206 Å². The molecule has 2 aromatic carbocycles. The minimum atomic E-state index is -0.457. The van der Waals surface area contributed by atoms with Gasteiger partial charge in [-0.15, -0.1) is 0 Å². The summed E-state index contributed by atoms with van der Waals surface area (Å²) in [6.07, 6.45) is 8.07. The number of carbonyl (C=O) groups excluding carboxylic acids is 1. The van der Waals surface area contributed by atoms with E-state index in [1.807, 2.05) is 53.1 Å². The fourth-order valence-corrected chi connectivity index (χ4v) is 4.38. The highest BCUT2D eigenvalue weighted by molar-refractivity contribution is 6.08. The van der Waals surface area contributed by atoms with Crippen molar-refractivity contribution in [1.29, 1.82) is 0 Å². The van der Waals surface area contributed by atoms with E-state index in [0.717, 1.165) is 36.1 Å². The van der Waals surface area contributed by atoms with E-state index in [-0.39, 0.29) is 5.56 Å². The van der Waals surface area contributed by atoms with Gasteiger partial charge >= 0.3 is 5.97 Å². The number of carbonyl (C=O) groups is 1. The lowest BCUT2D eigenvalue weighted by molar-refractivity contribution is 0.0501. The summed E-state index contributed by atoms with van der Waals surface area (Å²) in [4.78, 5) is 22.7. The third-order valence-corrected chi connectivity index (χ3v) is 6.30. The Morgan fingerprint density at radius 1 is 0.914 bits per heavy atom. The van der Waals surface area contributed by atoms with Gasteiger partial charge in [0, 0.05) is 5.56 Å². The molecule has 2 N–H and O–H groups in total. The number of nitrogen functional groups attached to an aromatic ring is 1. The van der Waals surface area contributed by atoms with E-state index in [0.29, 0.717) is 35.7 Å². The van der Waals surface area contributed by atoms with Crippen LogP contribution in [0.3, 0.4) is 0 Å². The molecule has 0 saturated heterocycles. The zero-order valence-electron chi connectivity index (χ0n) is 20.6. The standard InChI is InChI=1S/C28H34N4O3/c1-3-4-5-6-7-8-13-18-35-28(33)24-25-27(31-22-16-11-10-15-21(22)30-25)32(26(24)29)19-20-14-9-12-17-23(20)34-2/h9-12,14-17H,3-8,13,18-19,29H2,1-2H3. The maximum atomic E-state index is 13.2.